The average molecular weight is 480 g/mol. The topological polar surface area (TPSA) is 58.5 Å². The van der Waals surface area contributed by atoms with Crippen molar-refractivity contribution in [2.45, 2.75) is 26.4 Å². The number of hydrogen-bond acceptors (Lipinski definition) is 3. The number of aromatic nitrogens is 1. The van der Waals surface area contributed by atoms with Gasteiger partial charge in [0.05, 0.1) is 18.8 Å². The van der Waals surface area contributed by atoms with Crippen molar-refractivity contribution in [1.29, 1.82) is 0 Å². The Morgan fingerprint density at radius 2 is 1.85 bits per heavy atom. The normalized spacial score (nSPS) is 11.5. The van der Waals surface area contributed by atoms with Crippen LogP contribution in [-0.4, -0.2) is 23.9 Å². The average Bonchev–Trinajstić information content (AvgIpc) is 2.58. The number of halogens is 4. The van der Waals surface area contributed by atoms with E-state index in [2.05, 4.69) is 25.3 Å². The van der Waals surface area contributed by atoms with E-state index < -0.39 is 6.36 Å². The summed E-state index contributed by atoms with van der Waals surface area (Å²) >= 11 is 0. The minimum atomic E-state index is -4.73. The molecule has 142 valence electrons. The highest BCUT2D eigenvalue weighted by Gasteiger charge is 2.31. The molecule has 2 rings (SSSR count). The molecule has 0 saturated heterocycles. The number of nitrogens with one attached hydrogen (secondary N) is 2. The van der Waals surface area contributed by atoms with Gasteiger partial charge < -0.3 is 15.4 Å². The van der Waals surface area contributed by atoms with E-state index in [0.717, 1.165) is 5.69 Å². The predicted molar refractivity (Wildman–Crippen MR) is 104 cm³/mol. The van der Waals surface area contributed by atoms with Crippen LogP contribution in [0.5, 0.6) is 5.75 Å². The molecule has 0 spiro atoms. The molecule has 0 saturated carbocycles. The number of pyridine rings is 1. The molecule has 0 aliphatic heterocycles. The molecule has 0 radical (unpaired) electrons. The summed E-state index contributed by atoms with van der Waals surface area (Å²) in [6.07, 6.45) is -3.05. The van der Waals surface area contributed by atoms with E-state index in [-0.39, 0.29) is 36.3 Å². The minimum Gasteiger partial charge on any atom is -0.405 e. The number of nitrogens with zero attached hydrogens (tertiary/aromatic N) is 2. The minimum absolute atomic E-state index is 0. The fourth-order valence-electron chi connectivity index (χ4n) is 2.04. The third-order valence-electron chi connectivity index (χ3n) is 3.11. The second-order valence-corrected chi connectivity index (χ2v) is 5.03. The highest BCUT2D eigenvalue weighted by atomic mass is 127. The van der Waals surface area contributed by atoms with Crippen LogP contribution in [-0.2, 0) is 13.1 Å². The number of aliphatic imine (C=N–C) groups is 1. The number of para-hydroxylation sites is 1. The first kappa shape index (κ1) is 22.0. The maximum Gasteiger partial charge on any atom is 0.573 e. The van der Waals surface area contributed by atoms with Crippen molar-refractivity contribution >= 4 is 29.9 Å². The highest BCUT2D eigenvalue weighted by molar-refractivity contribution is 14.0. The largest absolute Gasteiger partial charge is 0.573 e. The van der Waals surface area contributed by atoms with Crippen LogP contribution in [0.25, 0.3) is 0 Å². The molecule has 0 aliphatic carbocycles. The Kier molecular flexibility index (Phi) is 9.17. The number of rotatable bonds is 6. The summed E-state index contributed by atoms with van der Waals surface area (Å²) < 4.78 is 41.4. The van der Waals surface area contributed by atoms with Gasteiger partial charge in [0.25, 0.3) is 0 Å². The first-order valence-corrected chi connectivity index (χ1v) is 7.73. The maximum atomic E-state index is 12.5. The van der Waals surface area contributed by atoms with Crippen LogP contribution < -0.4 is 15.4 Å². The molecule has 1 heterocycles. The Balaban J connectivity index is 0.00000338. The molecule has 2 N–H and O–H groups in total. The van der Waals surface area contributed by atoms with Crippen molar-refractivity contribution in [3.63, 3.8) is 0 Å². The third kappa shape index (κ3) is 7.89. The smallest absolute Gasteiger partial charge is 0.405 e. The lowest BCUT2D eigenvalue weighted by atomic mass is 10.2. The Hall–Kier alpha value is -2.04. The van der Waals surface area contributed by atoms with Gasteiger partial charge in [0.15, 0.2) is 5.96 Å². The van der Waals surface area contributed by atoms with E-state index in [9.17, 15) is 13.2 Å². The lowest BCUT2D eigenvalue weighted by Crippen LogP contribution is -2.37. The molecule has 0 aliphatic rings. The molecule has 0 fully saturated rings. The summed E-state index contributed by atoms with van der Waals surface area (Å²) in [4.78, 5) is 8.50. The molecule has 5 nitrogen and oxygen atoms in total. The summed E-state index contributed by atoms with van der Waals surface area (Å²) in [6, 6.07) is 11.5. The van der Waals surface area contributed by atoms with Gasteiger partial charge in [0, 0.05) is 18.3 Å². The monoisotopic (exact) mass is 480 g/mol. The quantitative estimate of drug-likeness (QED) is 0.375. The van der Waals surface area contributed by atoms with Crippen LogP contribution in [0.3, 0.4) is 0 Å². The van der Waals surface area contributed by atoms with Crippen LogP contribution in [0.2, 0.25) is 0 Å². The molecular weight excluding hydrogens is 460 g/mol. The van der Waals surface area contributed by atoms with Crippen LogP contribution in [0.15, 0.2) is 53.7 Å². The SMILES string of the molecule is CCNC(=NCc1ccccc1OC(F)(F)F)NCc1ccccn1.I. The Morgan fingerprint density at radius 3 is 2.50 bits per heavy atom. The molecular formula is C17H20F3IN4O. The van der Waals surface area contributed by atoms with Crippen molar-refractivity contribution in [2.24, 2.45) is 4.99 Å². The maximum absolute atomic E-state index is 12.5. The van der Waals surface area contributed by atoms with Crippen LogP contribution >= 0.6 is 24.0 Å². The first-order chi connectivity index (χ1) is 12.0. The van der Waals surface area contributed by atoms with E-state index in [0.29, 0.717) is 24.6 Å². The summed E-state index contributed by atoms with van der Waals surface area (Å²) in [7, 11) is 0. The Morgan fingerprint density at radius 1 is 1.12 bits per heavy atom. The van der Waals surface area contributed by atoms with Crippen LogP contribution in [0.4, 0.5) is 13.2 Å². The summed E-state index contributed by atoms with van der Waals surface area (Å²) in [6.45, 7) is 3.02. The zero-order chi connectivity index (χ0) is 18.1. The van der Waals surface area contributed by atoms with E-state index in [4.69, 9.17) is 0 Å². The van der Waals surface area contributed by atoms with Crippen molar-refractivity contribution in [2.75, 3.05) is 6.54 Å². The van der Waals surface area contributed by atoms with Gasteiger partial charge in [0.1, 0.15) is 5.75 Å². The van der Waals surface area contributed by atoms with Gasteiger partial charge in [-0.1, -0.05) is 24.3 Å². The predicted octanol–water partition coefficient (Wildman–Crippen LogP) is 3.85. The second kappa shape index (κ2) is 10.8. The van der Waals surface area contributed by atoms with Crippen molar-refractivity contribution in [1.82, 2.24) is 15.6 Å². The van der Waals surface area contributed by atoms with Gasteiger partial charge in [0.2, 0.25) is 0 Å². The number of guanidine groups is 1. The molecule has 1 aromatic heterocycles. The van der Waals surface area contributed by atoms with Gasteiger partial charge in [-0.25, -0.2) is 4.99 Å². The molecule has 0 unspecified atom stereocenters. The Bertz CT molecular complexity index is 696. The summed E-state index contributed by atoms with van der Waals surface area (Å²) in [5.74, 6) is 0.231. The van der Waals surface area contributed by atoms with Gasteiger partial charge >= 0.3 is 6.36 Å². The second-order valence-electron chi connectivity index (χ2n) is 5.03. The fourth-order valence-corrected chi connectivity index (χ4v) is 2.04. The number of alkyl halides is 3. The lowest BCUT2D eigenvalue weighted by Gasteiger charge is -2.13. The van der Waals surface area contributed by atoms with Crippen LogP contribution in [0, 0.1) is 0 Å². The van der Waals surface area contributed by atoms with E-state index >= 15 is 0 Å². The van der Waals surface area contributed by atoms with E-state index in [1.807, 2.05) is 25.1 Å². The molecule has 26 heavy (non-hydrogen) atoms. The summed E-state index contributed by atoms with van der Waals surface area (Å²) in [5, 5.41) is 6.13. The van der Waals surface area contributed by atoms with E-state index in [1.165, 1.54) is 12.1 Å². The van der Waals surface area contributed by atoms with Gasteiger partial charge in [-0.05, 0) is 25.1 Å². The zero-order valence-corrected chi connectivity index (χ0v) is 16.4. The van der Waals surface area contributed by atoms with E-state index in [1.54, 1.807) is 18.3 Å². The Labute approximate surface area is 167 Å². The zero-order valence-electron chi connectivity index (χ0n) is 14.1. The lowest BCUT2D eigenvalue weighted by molar-refractivity contribution is -0.274. The van der Waals surface area contributed by atoms with Crippen molar-refractivity contribution < 1.29 is 17.9 Å². The molecule has 9 heteroatoms. The van der Waals surface area contributed by atoms with Crippen molar-refractivity contribution in [3.05, 3.63) is 59.9 Å². The molecule has 0 amide bonds. The summed E-state index contributed by atoms with van der Waals surface area (Å²) in [5.41, 5.74) is 1.17. The third-order valence-corrected chi connectivity index (χ3v) is 3.11. The van der Waals surface area contributed by atoms with Gasteiger partial charge in [-0.2, -0.15) is 0 Å². The molecule has 0 bridgehead atoms. The first-order valence-electron chi connectivity index (χ1n) is 7.73. The fraction of sp³-hybridized carbons (Fsp3) is 0.294. The standard InChI is InChI=1S/C17H19F3N4O.HI/c1-2-21-16(24-12-14-8-5-6-10-22-14)23-11-13-7-3-4-9-15(13)25-17(18,19)20;/h3-10H,2,11-12H2,1H3,(H2,21,23,24);1H. The highest BCUT2D eigenvalue weighted by Crippen LogP contribution is 2.26. The number of benzene rings is 1. The molecule has 0 atom stereocenters. The van der Waals surface area contributed by atoms with Gasteiger partial charge in [-0.15, -0.1) is 37.1 Å². The number of hydrogen-bond donors (Lipinski definition) is 2. The van der Waals surface area contributed by atoms with Crippen LogP contribution in [0.1, 0.15) is 18.2 Å². The van der Waals surface area contributed by atoms with Crippen molar-refractivity contribution in [3.8, 4) is 5.75 Å². The number of ether oxygens (including phenoxy) is 1. The molecule has 2 aromatic rings. The molecule has 1 aromatic carbocycles. The van der Waals surface area contributed by atoms with Gasteiger partial charge in [-0.3, -0.25) is 4.98 Å².